The molecule has 1 aromatic carbocycles. The second-order valence-electron chi connectivity index (χ2n) is 4.57. The molecule has 2 aliphatic heterocycles. The SMILES string of the molecule is CCC(=O)N1CCSC1c1ccc2c(c1)OCCO2. The molecule has 102 valence electrons. The minimum absolute atomic E-state index is 0.114. The number of carbonyl (C=O) groups is 1. The summed E-state index contributed by atoms with van der Waals surface area (Å²) in [5.41, 5.74) is 1.12. The predicted molar refractivity (Wildman–Crippen MR) is 74.6 cm³/mol. The highest BCUT2D eigenvalue weighted by Crippen LogP contribution is 2.41. The molecule has 1 unspecified atom stereocenters. The highest BCUT2D eigenvalue weighted by molar-refractivity contribution is 7.99. The smallest absolute Gasteiger partial charge is 0.223 e. The van der Waals surface area contributed by atoms with Crippen LogP contribution in [0.5, 0.6) is 11.5 Å². The second kappa shape index (κ2) is 5.33. The Morgan fingerprint density at radius 3 is 2.95 bits per heavy atom. The molecule has 0 radical (unpaired) electrons. The third-order valence-corrected chi connectivity index (χ3v) is 4.63. The van der Waals surface area contributed by atoms with Crippen LogP contribution in [0.4, 0.5) is 0 Å². The molecule has 0 bridgehead atoms. The van der Waals surface area contributed by atoms with E-state index in [4.69, 9.17) is 9.47 Å². The zero-order chi connectivity index (χ0) is 13.2. The third kappa shape index (κ3) is 2.39. The first-order chi connectivity index (χ1) is 9.29. The van der Waals surface area contributed by atoms with Crippen LogP contribution in [0.25, 0.3) is 0 Å². The Kier molecular flexibility index (Phi) is 3.55. The Morgan fingerprint density at radius 2 is 2.16 bits per heavy atom. The minimum atomic E-state index is 0.114. The lowest BCUT2D eigenvalue weighted by molar-refractivity contribution is -0.131. The lowest BCUT2D eigenvalue weighted by Crippen LogP contribution is -2.29. The average Bonchev–Trinajstić information content (AvgIpc) is 2.95. The van der Waals surface area contributed by atoms with Gasteiger partial charge in [0.25, 0.3) is 0 Å². The molecule has 1 saturated heterocycles. The number of hydrogen-bond acceptors (Lipinski definition) is 4. The first-order valence-electron chi connectivity index (χ1n) is 6.60. The topological polar surface area (TPSA) is 38.8 Å². The van der Waals surface area contributed by atoms with Crippen molar-refractivity contribution in [1.82, 2.24) is 4.90 Å². The molecule has 4 nitrogen and oxygen atoms in total. The molecule has 1 amide bonds. The molecule has 1 aromatic rings. The maximum atomic E-state index is 11.9. The van der Waals surface area contributed by atoms with Crippen LogP contribution in [-0.4, -0.2) is 36.3 Å². The number of fused-ring (bicyclic) bond motifs is 1. The van der Waals surface area contributed by atoms with Crippen molar-refractivity contribution in [2.45, 2.75) is 18.7 Å². The van der Waals surface area contributed by atoms with Crippen molar-refractivity contribution < 1.29 is 14.3 Å². The van der Waals surface area contributed by atoms with Crippen molar-refractivity contribution in [1.29, 1.82) is 0 Å². The highest BCUT2D eigenvalue weighted by Gasteiger charge is 2.30. The summed E-state index contributed by atoms with van der Waals surface area (Å²) in [6.07, 6.45) is 0.557. The van der Waals surface area contributed by atoms with E-state index in [1.807, 2.05) is 30.0 Å². The number of thioether (sulfide) groups is 1. The van der Waals surface area contributed by atoms with Gasteiger partial charge in [0.1, 0.15) is 18.6 Å². The van der Waals surface area contributed by atoms with Crippen LogP contribution < -0.4 is 9.47 Å². The molecule has 19 heavy (non-hydrogen) atoms. The van der Waals surface area contributed by atoms with Gasteiger partial charge < -0.3 is 14.4 Å². The Labute approximate surface area is 117 Å². The monoisotopic (exact) mass is 279 g/mol. The lowest BCUT2D eigenvalue weighted by atomic mass is 10.1. The van der Waals surface area contributed by atoms with Gasteiger partial charge in [-0.25, -0.2) is 0 Å². The van der Waals surface area contributed by atoms with Gasteiger partial charge in [0, 0.05) is 18.7 Å². The molecule has 0 spiro atoms. The van der Waals surface area contributed by atoms with E-state index in [1.54, 1.807) is 11.8 Å². The Balaban J connectivity index is 1.87. The van der Waals surface area contributed by atoms with Crippen LogP contribution >= 0.6 is 11.8 Å². The number of benzene rings is 1. The number of amides is 1. The first kappa shape index (κ1) is 12.7. The van der Waals surface area contributed by atoms with Gasteiger partial charge in [0.05, 0.1) is 0 Å². The average molecular weight is 279 g/mol. The molecule has 0 aromatic heterocycles. The molecular formula is C14H17NO3S. The summed E-state index contributed by atoms with van der Waals surface area (Å²) in [5, 5.41) is 0.114. The normalized spacial score (nSPS) is 21.5. The van der Waals surface area contributed by atoms with Gasteiger partial charge in [-0.15, -0.1) is 11.8 Å². The summed E-state index contributed by atoms with van der Waals surface area (Å²) in [7, 11) is 0. The molecule has 0 aliphatic carbocycles. The fraction of sp³-hybridized carbons (Fsp3) is 0.500. The first-order valence-corrected chi connectivity index (χ1v) is 7.65. The van der Waals surface area contributed by atoms with E-state index >= 15 is 0 Å². The number of hydrogen-bond donors (Lipinski definition) is 0. The van der Waals surface area contributed by atoms with E-state index in [0.29, 0.717) is 19.6 Å². The van der Waals surface area contributed by atoms with Gasteiger partial charge in [0.15, 0.2) is 11.5 Å². The fourth-order valence-corrected chi connectivity index (χ4v) is 3.69. The highest BCUT2D eigenvalue weighted by atomic mass is 32.2. The van der Waals surface area contributed by atoms with Crippen LogP contribution in [0.15, 0.2) is 18.2 Å². The van der Waals surface area contributed by atoms with Crippen LogP contribution in [0.1, 0.15) is 24.3 Å². The second-order valence-corrected chi connectivity index (χ2v) is 5.76. The predicted octanol–water partition coefficient (Wildman–Crippen LogP) is 2.44. The summed E-state index contributed by atoms with van der Waals surface area (Å²) in [6.45, 7) is 3.93. The largest absolute Gasteiger partial charge is 0.486 e. The van der Waals surface area contributed by atoms with Gasteiger partial charge >= 0.3 is 0 Å². The molecule has 1 atom stereocenters. The van der Waals surface area contributed by atoms with Crippen molar-refractivity contribution in [2.75, 3.05) is 25.5 Å². The van der Waals surface area contributed by atoms with Crippen LogP contribution in [0, 0.1) is 0 Å². The van der Waals surface area contributed by atoms with Gasteiger partial charge in [-0.3, -0.25) is 4.79 Å². The van der Waals surface area contributed by atoms with Crippen LogP contribution in [0.2, 0.25) is 0 Å². The molecule has 3 rings (SSSR count). The van der Waals surface area contributed by atoms with E-state index in [2.05, 4.69) is 0 Å². The summed E-state index contributed by atoms with van der Waals surface area (Å²) < 4.78 is 11.1. The van der Waals surface area contributed by atoms with Gasteiger partial charge in [-0.05, 0) is 17.7 Å². The number of rotatable bonds is 2. The van der Waals surface area contributed by atoms with Crippen LogP contribution in [0.3, 0.4) is 0 Å². The van der Waals surface area contributed by atoms with Crippen molar-refractivity contribution in [3.05, 3.63) is 23.8 Å². The number of carbonyl (C=O) groups excluding carboxylic acids is 1. The molecule has 5 heteroatoms. The van der Waals surface area contributed by atoms with E-state index in [-0.39, 0.29) is 11.3 Å². The van der Waals surface area contributed by atoms with E-state index in [9.17, 15) is 4.79 Å². The zero-order valence-electron chi connectivity index (χ0n) is 10.9. The quantitative estimate of drug-likeness (QED) is 0.833. The molecular weight excluding hydrogens is 262 g/mol. The Bertz CT molecular complexity index is 492. The van der Waals surface area contributed by atoms with Crippen molar-refractivity contribution in [2.24, 2.45) is 0 Å². The summed E-state index contributed by atoms with van der Waals surface area (Å²) in [4.78, 5) is 13.9. The number of ether oxygens (including phenoxy) is 2. The molecule has 2 aliphatic rings. The third-order valence-electron chi connectivity index (χ3n) is 3.37. The standard InChI is InChI=1S/C14H17NO3S/c1-2-13(16)15-5-8-19-14(15)10-3-4-11-12(9-10)18-7-6-17-11/h3-4,9,14H,2,5-8H2,1H3. The van der Waals surface area contributed by atoms with E-state index in [1.165, 1.54) is 0 Å². The van der Waals surface area contributed by atoms with Crippen molar-refractivity contribution >= 4 is 17.7 Å². The van der Waals surface area contributed by atoms with Crippen molar-refractivity contribution in [3.63, 3.8) is 0 Å². The Hall–Kier alpha value is -1.36. The molecule has 1 fully saturated rings. The molecule has 2 heterocycles. The minimum Gasteiger partial charge on any atom is -0.486 e. The summed E-state index contributed by atoms with van der Waals surface area (Å²) >= 11 is 1.81. The van der Waals surface area contributed by atoms with Gasteiger partial charge in [-0.2, -0.15) is 0 Å². The van der Waals surface area contributed by atoms with E-state index < -0.39 is 0 Å². The maximum absolute atomic E-state index is 11.9. The maximum Gasteiger partial charge on any atom is 0.223 e. The van der Waals surface area contributed by atoms with Gasteiger partial charge in [0.2, 0.25) is 5.91 Å². The Morgan fingerprint density at radius 1 is 1.37 bits per heavy atom. The van der Waals surface area contributed by atoms with Gasteiger partial charge in [-0.1, -0.05) is 13.0 Å². The zero-order valence-corrected chi connectivity index (χ0v) is 11.7. The molecule has 0 saturated carbocycles. The molecule has 0 N–H and O–H groups in total. The van der Waals surface area contributed by atoms with Crippen LogP contribution in [-0.2, 0) is 4.79 Å². The summed E-state index contributed by atoms with van der Waals surface area (Å²) in [6, 6.07) is 5.98. The van der Waals surface area contributed by atoms with E-state index in [0.717, 1.165) is 29.4 Å². The lowest BCUT2D eigenvalue weighted by Gasteiger charge is -2.25. The number of nitrogens with zero attached hydrogens (tertiary/aromatic N) is 1. The summed E-state index contributed by atoms with van der Waals surface area (Å²) in [5.74, 6) is 2.79. The van der Waals surface area contributed by atoms with Crippen molar-refractivity contribution in [3.8, 4) is 11.5 Å². The fourth-order valence-electron chi connectivity index (χ4n) is 2.42.